The van der Waals surface area contributed by atoms with Crippen molar-refractivity contribution < 1.29 is 14.7 Å². The van der Waals surface area contributed by atoms with Crippen LogP contribution < -0.4 is 0 Å². The van der Waals surface area contributed by atoms with E-state index in [1.54, 1.807) is 0 Å². The molecule has 1 aliphatic heterocycles. The summed E-state index contributed by atoms with van der Waals surface area (Å²) in [7, 11) is 0. The first-order valence-corrected chi connectivity index (χ1v) is 10.9. The Bertz CT molecular complexity index is 813. The summed E-state index contributed by atoms with van der Waals surface area (Å²) in [5.74, 6) is 0.445. The maximum atomic E-state index is 10.5. The SMILES string of the molecule is CC(C)COC[C@H](O)CN(Cc1cccc(Cl)c1)C[C@@H]1CC(c2ccccc2)=NO1. The first-order valence-electron chi connectivity index (χ1n) is 10.5. The molecule has 5 nitrogen and oxygen atoms in total. The van der Waals surface area contributed by atoms with E-state index in [-0.39, 0.29) is 6.10 Å². The molecule has 1 heterocycles. The van der Waals surface area contributed by atoms with Gasteiger partial charge in [-0.25, -0.2) is 0 Å². The lowest BCUT2D eigenvalue weighted by Crippen LogP contribution is -2.39. The van der Waals surface area contributed by atoms with Crippen LogP contribution in [0.2, 0.25) is 5.02 Å². The van der Waals surface area contributed by atoms with Gasteiger partial charge in [-0.15, -0.1) is 0 Å². The summed E-state index contributed by atoms with van der Waals surface area (Å²) in [6.07, 6.45) is 0.123. The van der Waals surface area contributed by atoms with Crippen molar-refractivity contribution in [3.8, 4) is 0 Å². The minimum absolute atomic E-state index is 0.0526. The molecule has 2 atom stereocenters. The van der Waals surface area contributed by atoms with E-state index in [1.807, 2.05) is 54.6 Å². The Labute approximate surface area is 184 Å². The van der Waals surface area contributed by atoms with Crippen LogP contribution in [0, 0.1) is 5.92 Å². The zero-order valence-electron chi connectivity index (χ0n) is 17.7. The van der Waals surface area contributed by atoms with Crippen LogP contribution in [0.5, 0.6) is 0 Å². The molecule has 0 bridgehead atoms. The summed E-state index contributed by atoms with van der Waals surface area (Å²) in [4.78, 5) is 7.90. The maximum absolute atomic E-state index is 10.5. The lowest BCUT2D eigenvalue weighted by atomic mass is 10.0. The predicted molar refractivity (Wildman–Crippen MR) is 121 cm³/mol. The molecule has 30 heavy (non-hydrogen) atoms. The second-order valence-corrected chi connectivity index (χ2v) is 8.68. The first kappa shape index (κ1) is 22.8. The number of aliphatic hydroxyl groups excluding tert-OH is 1. The van der Waals surface area contributed by atoms with Crippen molar-refractivity contribution in [2.75, 3.05) is 26.3 Å². The summed E-state index contributed by atoms with van der Waals surface area (Å²) in [5.41, 5.74) is 3.15. The normalized spacial score (nSPS) is 17.3. The molecule has 3 rings (SSSR count). The predicted octanol–water partition coefficient (Wildman–Crippen LogP) is 4.37. The van der Waals surface area contributed by atoms with Crippen LogP contribution in [0.1, 0.15) is 31.4 Å². The monoisotopic (exact) mass is 430 g/mol. The van der Waals surface area contributed by atoms with Crippen molar-refractivity contribution in [2.24, 2.45) is 11.1 Å². The Morgan fingerprint density at radius 1 is 1.17 bits per heavy atom. The Hall–Kier alpha value is -1.92. The number of benzene rings is 2. The summed E-state index contributed by atoms with van der Waals surface area (Å²) < 4.78 is 5.62. The van der Waals surface area contributed by atoms with E-state index in [1.165, 1.54) is 0 Å². The number of nitrogens with zero attached hydrogens (tertiary/aromatic N) is 2. The number of aliphatic hydroxyl groups is 1. The summed E-state index contributed by atoms with van der Waals surface area (Å²) in [6, 6.07) is 17.9. The van der Waals surface area contributed by atoms with E-state index in [9.17, 15) is 5.11 Å². The molecule has 0 radical (unpaired) electrons. The fourth-order valence-electron chi connectivity index (χ4n) is 3.50. The van der Waals surface area contributed by atoms with Crippen LogP contribution >= 0.6 is 11.6 Å². The lowest BCUT2D eigenvalue weighted by Gasteiger charge is -2.27. The fourth-order valence-corrected chi connectivity index (χ4v) is 3.72. The molecule has 162 valence electrons. The van der Waals surface area contributed by atoms with Crippen molar-refractivity contribution in [1.29, 1.82) is 0 Å². The van der Waals surface area contributed by atoms with Gasteiger partial charge in [0.2, 0.25) is 0 Å². The molecule has 0 unspecified atom stereocenters. The highest BCUT2D eigenvalue weighted by molar-refractivity contribution is 6.30. The zero-order chi connectivity index (χ0) is 21.3. The molecule has 0 saturated carbocycles. The van der Waals surface area contributed by atoms with Gasteiger partial charge in [0.1, 0.15) is 6.10 Å². The van der Waals surface area contributed by atoms with Gasteiger partial charge in [0.05, 0.1) is 18.4 Å². The molecule has 0 aliphatic carbocycles. The van der Waals surface area contributed by atoms with Crippen LogP contribution in [0.15, 0.2) is 59.8 Å². The minimum atomic E-state index is -0.571. The summed E-state index contributed by atoms with van der Waals surface area (Å²) >= 11 is 6.16. The van der Waals surface area contributed by atoms with Crippen molar-refractivity contribution in [3.63, 3.8) is 0 Å². The molecule has 2 aromatic rings. The number of rotatable bonds is 11. The van der Waals surface area contributed by atoms with Gasteiger partial charge in [-0.2, -0.15) is 0 Å². The van der Waals surface area contributed by atoms with Gasteiger partial charge in [0.25, 0.3) is 0 Å². The number of oxime groups is 1. The third kappa shape index (κ3) is 7.40. The third-order valence-corrected chi connectivity index (χ3v) is 5.06. The standard InChI is InChI=1S/C24H31ClN2O3/c1-18(2)16-29-17-22(28)14-27(13-19-7-6-10-21(25)11-19)15-23-12-24(26-30-23)20-8-4-3-5-9-20/h3-11,18,22-23,28H,12-17H2,1-2H3/t22-,23+/m1/s1. The number of ether oxygens (including phenoxy) is 1. The first-order chi connectivity index (χ1) is 14.5. The molecule has 0 spiro atoms. The average molecular weight is 431 g/mol. The van der Waals surface area contributed by atoms with Crippen LogP contribution in [0.3, 0.4) is 0 Å². The van der Waals surface area contributed by atoms with E-state index in [0.29, 0.717) is 43.8 Å². The highest BCUT2D eigenvalue weighted by Crippen LogP contribution is 2.19. The zero-order valence-corrected chi connectivity index (χ0v) is 18.5. The molecule has 1 N–H and O–H groups in total. The van der Waals surface area contributed by atoms with E-state index in [0.717, 1.165) is 23.3 Å². The molecule has 6 heteroatoms. The van der Waals surface area contributed by atoms with Crippen molar-refractivity contribution in [1.82, 2.24) is 4.90 Å². The Balaban J connectivity index is 1.59. The highest BCUT2D eigenvalue weighted by atomic mass is 35.5. The Kier molecular flexibility index (Phi) is 8.70. The number of hydrogen-bond donors (Lipinski definition) is 1. The van der Waals surface area contributed by atoms with E-state index >= 15 is 0 Å². The van der Waals surface area contributed by atoms with E-state index < -0.39 is 6.10 Å². The average Bonchev–Trinajstić information content (AvgIpc) is 3.17. The topological polar surface area (TPSA) is 54.3 Å². The van der Waals surface area contributed by atoms with Crippen molar-refractivity contribution in [3.05, 3.63) is 70.7 Å². The molecule has 0 fully saturated rings. The minimum Gasteiger partial charge on any atom is -0.390 e. The Morgan fingerprint density at radius 2 is 1.97 bits per heavy atom. The van der Waals surface area contributed by atoms with E-state index in [4.69, 9.17) is 21.2 Å². The van der Waals surface area contributed by atoms with Gasteiger partial charge < -0.3 is 14.7 Å². The molecular formula is C24H31ClN2O3. The molecular weight excluding hydrogens is 400 g/mol. The van der Waals surface area contributed by atoms with Crippen molar-refractivity contribution >= 4 is 17.3 Å². The summed E-state index contributed by atoms with van der Waals surface area (Å²) in [6.45, 7) is 6.98. The quantitative estimate of drug-likeness (QED) is 0.575. The maximum Gasteiger partial charge on any atom is 0.145 e. The molecule has 0 saturated heterocycles. The van der Waals surface area contributed by atoms with Crippen molar-refractivity contribution in [2.45, 2.75) is 39.0 Å². The third-order valence-electron chi connectivity index (χ3n) is 4.83. The van der Waals surface area contributed by atoms with Gasteiger partial charge in [0, 0.05) is 37.7 Å². The van der Waals surface area contributed by atoms with Gasteiger partial charge in [-0.05, 0) is 29.2 Å². The molecule has 0 aromatic heterocycles. The van der Waals surface area contributed by atoms with Crippen LogP contribution in [-0.4, -0.2) is 54.2 Å². The van der Waals surface area contributed by atoms with Gasteiger partial charge in [0.15, 0.2) is 0 Å². The second kappa shape index (κ2) is 11.5. The number of halogens is 1. The van der Waals surface area contributed by atoms with Crippen LogP contribution in [0.4, 0.5) is 0 Å². The number of hydrogen-bond acceptors (Lipinski definition) is 5. The second-order valence-electron chi connectivity index (χ2n) is 8.24. The summed E-state index contributed by atoms with van der Waals surface area (Å²) in [5, 5.41) is 15.5. The molecule has 1 aliphatic rings. The molecule has 2 aromatic carbocycles. The Morgan fingerprint density at radius 3 is 2.70 bits per heavy atom. The highest BCUT2D eigenvalue weighted by Gasteiger charge is 2.25. The smallest absolute Gasteiger partial charge is 0.145 e. The molecule has 0 amide bonds. The lowest BCUT2D eigenvalue weighted by molar-refractivity contribution is -0.00734. The van der Waals surface area contributed by atoms with Gasteiger partial charge in [-0.3, -0.25) is 4.90 Å². The van der Waals surface area contributed by atoms with Crippen LogP contribution in [-0.2, 0) is 16.1 Å². The largest absolute Gasteiger partial charge is 0.390 e. The fraction of sp³-hybridized carbons (Fsp3) is 0.458. The van der Waals surface area contributed by atoms with Gasteiger partial charge in [-0.1, -0.05) is 73.1 Å². The van der Waals surface area contributed by atoms with Crippen LogP contribution in [0.25, 0.3) is 0 Å². The van der Waals surface area contributed by atoms with Gasteiger partial charge >= 0.3 is 0 Å². The van der Waals surface area contributed by atoms with E-state index in [2.05, 4.69) is 23.9 Å².